The predicted octanol–water partition coefficient (Wildman–Crippen LogP) is 2.12. The lowest BCUT2D eigenvalue weighted by Gasteiger charge is -2.22. The summed E-state index contributed by atoms with van der Waals surface area (Å²) in [7, 11) is 0. The molecule has 0 saturated carbocycles. The highest BCUT2D eigenvalue weighted by molar-refractivity contribution is 5.07. The average Bonchev–Trinajstić information content (AvgIpc) is 2.29. The van der Waals surface area contributed by atoms with Gasteiger partial charge in [-0.1, -0.05) is 0 Å². The van der Waals surface area contributed by atoms with Gasteiger partial charge in [-0.05, 0) is 37.0 Å². The zero-order valence-corrected chi connectivity index (χ0v) is 8.19. The normalized spacial score (nSPS) is 22.1. The summed E-state index contributed by atoms with van der Waals surface area (Å²) < 4.78 is 11.1. The quantitative estimate of drug-likeness (QED) is 0.736. The van der Waals surface area contributed by atoms with Gasteiger partial charge in [-0.3, -0.25) is 4.98 Å². The molecule has 0 bridgehead atoms. The van der Waals surface area contributed by atoms with Gasteiger partial charge in [-0.25, -0.2) is 0 Å². The topological polar surface area (TPSA) is 31.4 Å². The van der Waals surface area contributed by atoms with Gasteiger partial charge in [0.15, 0.2) is 6.29 Å². The molecule has 0 spiro atoms. The van der Waals surface area contributed by atoms with Crippen LogP contribution < -0.4 is 0 Å². The molecule has 0 amide bonds. The third-order valence-electron chi connectivity index (χ3n) is 2.32. The third-order valence-corrected chi connectivity index (χ3v) is 2.32. The number of rotatable bonds is 3. The lowest BCUT2D eigenvalue weighted by Crippen LogP contribution is -2.21. The van der Waals surface area contributed by atoms with Crippen molar-refractivity contribution in [3.63, 3.8) is 0 Å². The maximum Gasteiger partial charge on any atom is 0.158 e. The van der Waals surface area contributed by atoms with Crippen molar-refractivity contribution in [3.05, 3.63) is 30.1 Å². The van der Waals surface area contributed by atoms with E-state index in [0.29, 0.717) is 6.61 Å². The van der Waals surface area contributed by atoms with E-state index < -0.39 is 0 Å². The molecule has 2 heterocycles. The summed E-state index contributed by atoms with van der Waals surface area (Å²) >= 11 is 0. The van der Waals surface area contributed by atoms with Crippen molar-refractivity contribution in [1.29, 1.82) is 0 Å². The molecule has 0 aliphatic carbocycles. The van der Waals surface area contributed by atoms with E-state index in [1.54, 1.807) is 12.4 Å². The fraction of sp³-hybridized carbons (Fsp3) is 0.545. The monoisotopic (exact) mass is 193 g/mol. The van der Waals surface area contributed by atoms with Crippen molar-refractivity contribution in [2.75, 3.05) is 6.61 Å². The van der Waals surface area contributed by atoms with Crippen LogP contribution in [0.15, 0.2) is 24.5 Å². The minimum absolute atomic E-state index is 0.00286. The highest BCUT2D eigenvalue weighted by Crippen LogP contribution is 2.15. The lowest BCUT2D eigenvalue weighted by atomic mass is 10.2. The van der Waals surface area contributed by atoms with Crippen molar-refractivity contribution in [2.24, 2.45) is 0 Å². The van der Waals surface area contributed by atoms with Gasteiger partial charge >= 0.3 is 0 Å². The minimum atomic E-state index is -0.00286. The van der Waals surface area contributed by atoms with Crippen LogP contribution in [0.5, 0.6) is 0 Å². The van der Waals surface area contributed by atoms with E-state index in [2.05, 4.69) is 4.98 Å². The van der Waals surface area contributed by atoms with Gasteiger partial charge < -0.3 is 9.47 Å². The van der Waals surface area contributed by atoms with E-state index in [9.17, 15) is 0 Å². The van der Waals surface area contributed by atoms with Gasteiger partial charge in [0.25, 0.3) is 0 Å². The van der Waals surface area contributed by atoms with Crippen LogP contribution in [0.4, 0.5) is 0 Å². The molecule has 1 fully saturated rings. The first-order valence-electron chi connectivity index (χ1n) is 5.07. The Morgan fingerprint density at radius 2 is 2.21 bits per heavy atom. The minimum Gasteiger partial charge on any atom is -0.353 e. The zero-order chi connectivity index (χ0) is 9.64. The van der Waals surface area contributed by atoms with Gasteiger partial charge in [-0.15, -0.1) is 0 Å². The number of pyridine rings is 1. The summed E-state index contributed by atoms with van der Waals surface area (Å²) in [6.45, 7) is 1.45. The van der Waals surface area contributed by atoms with E-state index in [-0.39, 0.29) is 6.29 Å². The van der Waals surface area contributed by atoms with E-state index in [1.165, 1.54) is 6.42 Å². The average molecular weight is 193 g/mol. The van der Waals surface area contributed by atoms with Gasteiger partial charge in [0.2, 0.25) is 0 Å². The molecular weight excluding hydrogens is 178 g/mol. The maximum absolute atomic E-state index is 5.62. The van der Waals surface area contributed by atoms with Gasteiger partial charge in [0.05, 0.1) is 6.61 Å². The van der Waals surface area contributed by atoms with Crippen LogP contribution in [0.25, 0.3) is 0 Å². The number of ether oxygens (including phenoxy) is 2. The Labute approximate surface area is 84.1 Å². The third kappa shape index (κ3) is 2.79. The summed E-state index contributed by atoms with van der Waals surface area (Å²) in [6, 6.07) is 3.92. The summed E-state index contributed by atoms with van der Waals surface area (Å²) in [5.74, 6) is 0. The Hall–Kier alpha value is -0.930. The first-order valence-corrected chi connectivity index (χ1v) is 5.07. The van der Waals surface area contributed by atoms with Crippen LogP contribution in [0.2, 0.25) is 0 Å². The molecular formula is C11H15NO2. The first-order chi connectivity index (χ1) is 6.95. The Morgan fingerprint density at radius 3 is 2.93 bits per heavy atom. The van der Waals surface area contributed by atoms with Crippen LogP contribution in [0, 0.1) is 0 Å². The van der Waals surface area contributed by atoms with Crippen molar-refractivity contribution >= 4 is 0 Å². The molecule has 2 rings (SSSR count). The molecule has 1 aromatic rings. The Kier molecular flexibility index (Phi) is 3.49. The molecule has 0 radical (unpaired) electrons. The molecule has 14 heavy (non-hydrogen) atoms. The summed E-state index contributed by atoms with van der Waals surface area (Å²) in [4.78, 5) is 3.95. The summed E-state index contributed by atoms with van der Waals surface area (Å²) in [5, 5.41) is 0. The Bertz CT molecular complexity index is 257. The van der Waals surface area contributed by atoms with Crippen molar-refractivity contribution in [3.8, 4) is 0 Å². The number of nitrogens with zero attached hydrogens (tertiary/aromatic N) is 1. The van der Waals surface area contributed by atoms with Gasteiger partial charge in [0.1, 0.15) is 0 Å². The number of hydrogen-bond donors (Lipinski definition) is 0. The first kappa shape index (κ1) is 9.62. The van der Waals surface area contributed by atoms with Crippen molar-refractivity contribution in [1.82, 2.24) is 4.98 Å². The molecule has 0 N–H and O–H groups in total. The second-order valence-corrected chi connectivity index (χ2v) is 3.46. The predicted molar refractivity (Wildman–Crippen MR) is 52.6 cm³/mol. The fourth-order valence-corrected chi connectivity index (χ4v) is 1.51. The van der Waals surface area contributed by atoms with Crippen LogP contribution in [-0.4, -0.2) is 17.9 Å². The molecule has 1 aliphatic heterocycles. The maximum atomic E-state index is 5.62. The lowest BCUT2D eigenvalue weighted by molar-refractivity contribution is -0.168. The summed E-state index contributed by atoms with van der Waals surface area (Å²) in [5.41, 5.74) is 1.15. The van der Waals surface area contributed by atoms with E-state index >= 15 is 0 Å². The largest absolute Gasteiger partial charge is 0.353 e. The van der Waals surface area contributed by atoms with Crippen molar-refractivity contribution in [2.45, 2.75) is 32.2 Å². The van der Waals surface area contributed by atoms with Crippen LogP contribution in [0.3, 0.4) is 0 Å². The highest BCUT2D eigenvalue weighted by Gasteiger charge is 2.13. The number of hydrogen-bond acceptors (Lipinski definition) is 3. The standard InChI is InChI=1S/C11H15NO2/c1-2-8-13-11(3-1)14-9-10-4-6-12-7-5-10/h4-7,11H,1-3,8-9H2. The van der Waals surface area contributed by atoms with Crippen LogP contribution in [0.1, 0.15) is 24.8 Å². The van der Waals surface area contributed by atoms with E-state index in [1.807, 2.05) is 12.1 Å². The Balaban J connectivity index is 1.76. The van der Waals surface area contributed by atoms with Crippen molar-refractivity contribution < 1.29 is 9.47 Å². The molecule has 3 nitrogen and oxygen atoms in total. The molecule has 0 aromatic carbocycles. The van der Waals surface area contributed by atoms with Crippen LogP contribution in [-0.2, 0) is 16.1 Å². The van der Waals surface area contributed by atoms with E-state index in [4.69, 9.17) is 9.47 Å². The molecule has 1 atom stereocenters. The SMILES string of the molecule is c1cc(COC2CCCCO2)ccn1. The number of aromatic nitrogens is 1. The molecule has 1 unspecified atom stereocenters. The van der Waals surface area contributed by atoms with Gasteiger partial charge in [-0.2, -0.15) is 0 Å². The second-order valence-electron chi connectivity index (χ2n) is 3.46. The smallest absolute Gasteiger partial charge is 0.158 e. The Morgan fingerprint density at radius 1 is 1.36 bits per heavy atom. The molecule has 1 aliphatic rings. The molecule has 3 heteroatoms. The second kappa shape index (κ2) is 5.08. The fourth-order valence-electron chi connectivity index (χ4n) is 1.51. The molecule has 1 aromatic heterocycles. The molecule has 76 valence electrons. The highest BCUT2D eigenvalue weighted by atomic mass is 16.7. The molecule has 1 saturated heterocycles. The van der Waals surface area contributed by atoms with Crippen LogP contribution >= 0.6 is 0 Å². The van der Waals surface area contributed by atoms with E-state index in [0.717, 1.165) is 25.0 Å². The zero-order valence-electron chi connectivity index (χ0n) is 8.19. The summed E-state index contributed by atoms with van der Waals surface area (Å²) in [6.07, 6.45) is 6.94. The van der Waals surface area contributed by atoms with Gasteiger partial charge in [0, 0.05) is 19.0 Å².